The van der Waals surface area contributed by atoms with Crippen LogP contribution in [0.4, 0.5) is 14.5 Å². The van der Waals surface area contributed by atoms with Crippen molar-refractivity contribution in [2.24, 2.45) is 0 Å². The SMILES string of the molecule is CCC(=O)N(CCC(=O)O)c1cc(F)ccc1F. The van der Waals surface area contributed by atoms with Crippen LogP contribution in [0.15, 0.2) is 18.2 Å². The second-order valence-corrected chi connectivity index (χ2v) is 3.64. The molecule has 0 fully saturated rings. The Morgan fingerprint density at radius 3 is 2.56 bits per heavy atom. The fourth-order valence-electron chi connectivity index (χ4n) is 1.47. The molecule has 0 aromatic heterocycles. The van der Waals surface area contributed by atoms with Crippen molar-refractivity contribution in [2.75, 3.05) is 11.4 Å². The predicted octanol–water partition coefficient (Wildman–Crippen LogP) is 2.18. The number of carbonyl (C=O) groups is 2. The average molecular weight is 257 g/mol. The Morgan fingerprint density at radius 2 is 2.00 bits per heavy atom. The molecule has 18 heavy (non-hydrogen) atoms. The first-order valence-electron chi connectivity index (χ1n) is 5.43. The average Bonchev–Trinajstić information content (AvgIpc) is 2.32. The van der Waals surface area contributed by atoms with Crippen molar-refractivity contribution in [3.05, 3.63) is 29.8 Å². The summed E-state index contributed by atoms with van der Waals surface area (Å²) in [6.45, 7) is 1.37. The summed E-state index contributed by atoms with van der Waals surface area (Å²) in [5, 5.41) is 8.58. The van der Waals surface area contributed by atoms with E-state index in [0.717, 1.165) is 23.1 Å². The molecule has 0 atom stereocenters. The zero-order valence-corrected chi connectivity index (χ0v) is 9.82. The predicted molar refractivity (Wildman–Crippen MR) is 61.3 cm³/mol. The summed E-state index contributed by atoms with van der Waals surface area (Å²) >= 11 is 0. The number of halogens is 2. The number of carbonyl (C=O) groups excluding carboxylic acids is 1. The van der Waals surface area contributed by atoms with Crippen molar-refractivity contribution in [1.82, 2.24) is 0 Å². The third-order valence-corrected chi connectivity index (χ3v) is 2.35. The van der Waals surface area contributed by atoms with E-state index in [1.54, 1.807) is 6.92 Å². The molecule has 0 spiro atoms. The molecule has 0 saturated heterocycles. The topological polar surface area (TPSA) is 57.6 Å². The minimum absolute atomic E-state index is 0.0789. The largest absolute Gasteiger partial charge is 0.481 e. The number of carboxylic acid groups (broad SMARTS) is 1. The third kappa shape index (κ3) is 3.51. The Balaban J connectivity index is 3.04. The molecule has 1 aromatic carbocycles. The van der Waals surface area contributed by atoms with Crippen LogP contribution in [-0.2, 0) is 9.59 Å². The van der Waals surface area contributed by atoms with Crippen LogP contribution in [0.2, 0.25) is 0 Å². The number of hydrogen-bond acceptors (Lipinski definition) is 2. The minimum atomic E-state index is -1.11. The molecule has 0 aliphatic heterocycles. The van der Waals surface area contributed by atoms with E-state index in [0.29, 0.717) is 0 Å². The van der Waals surface area contributed by atoms with Gasteiger partial charge in [0.05, 0.1) is 12.1 Å². The van der Waals surface area contributed by atoms with Gasteiger partial charge in [-0.25, -0.2) is 8.78 Å². The van der Waals surface area contributed by atoms with Gasteiger partial charge in [0.15, 0.2) is 0 Å². The van der Waals surface area contributed by atoms with Gasteiger partial charge in [-0.3, -0.25) is 9.59 Å². The lowest BCUT2D eigenvalue weighted by Gasteiger charge is -2.22. The minimum Gasteiger partial charge on any atom is -0.481 e. The van der Waals surface area contributed by atoms with Crippen molar-refractivity contribution in [2.45, 2.75) is 19.8 Å². The second-order valence-electron chi connectivity index (χ2n) is 3.64. The summed E-state index contributed by atoms with van der Waals surface area (Å²) in [4.78, 5) is 23.1. The number of aliphatic carboxylic acids is 1. The molecule has 0 saturated carbocycles. The number of benzene rings is 1. The van der Waals surface area contributed by atoms with E-state index < -0.39 is 23.5 Å². The molecule has 0 radical (unpaired) electrons. The van der Waals surface area contributed by atoms with Crippen molar-refractivity contribution >= 4 is 17.6 Å². The Morgan fingerprint density at radius 1 is 1.33 bits per heavy atom. The van der Waals surface area contributed by atoms with Gasteiger partial charge in [-0.1, -0.05) is 6.92 Å². The van der Waals surface area contributed by atoms with Crippen LogP contribution in [0.3, 0.4) is 0 Å². The van der Waals surface area contributed by atoms with Crippen molar-refractivity contribution in [3.8, 4) is 0 Å². The number of anilines is 1. The van der Waals surface area contributed by atoms with Gasteiger partial charge in [0.25, 0.3) is 0 Å². The van der Waals surface area contributed by atoms with Gasteiger partial charge in [-0.2, -0.15) is 0 Å². The molecule has 0 aliphatic rings. The van der Waals surface area contributed by atoms with E-state index in [-0.39, 0.29) is 25.1 Å². The Kier molecular flexibility index (Phi) is 4.76. The van der Waals surface area contributed by atoms with E-state index in [2.05, 4.69) is 0 Å². The smallest absolute Gasteiger partial charge is 0.305 e. The van der Waals surface area contributed by atoms with Crippen molar-refractivity contribution in [3.63, 3.8) is 0 Å². The van der Waals surface area contributed by atoms with Gasteiger partial charge in [-0.05, 0) is 12.1 Å². The molecule has 0 unspecified atom stereocenters. The first-order chi connectivity index (χ1) is 8.45. The normalized spacial score (nSPS) is 10.2. The van der Waals surface area contributed by atoms with Crippen LogP contribution in [0.25, 0.3) is 0 Å². The van der Waals surface area contributed by atoms with Crippen LogP contribution >= 0.6 is 0 Å². The van der Waals surface area contributed by atoms with Crippen LogP contribution in [0.5, 0.6) is 0 Å². The molecule has 0 bridgehead atoms. The Bertz CT molecular complexity index is 463. The third-order valence-electron chi connectivity index (χ3n) is 2.35. The van der Waals surface area contributed by atoms with Gasteiger partial charge in [0, 0.05) is 19.0 Å². The summed E-state index contributed by atoms with van der Waals surface area (Å²) in [5.41, 5.74) is -0.233. The zero-order chi connectivity index (χ0) is 13.7. The zero-order valence-electron chi connectivity index (χ0n) is 9.82. The number of nitrogens with zero attached hydrogens (tertiary/aromatic N) is 1. The van der Waals surface area contributed by atoms with Crippen LogP contribution in [0.1, 0.15) is 19.8 Å². The first kappa shape index (κ1) is 14.1. The molecule has 6 heteroatoms. The van der Waals surface area contributed by atoms with Crippen LogP contribution in [0, 0.1) is 11.6 Å². The lowest BCUT2D eigenvalue weighted by atomic mass is 10.2. The number of hydrogen-bond donors (Lipinski definition) is 1. The van der Waals surface area contributed by atoms with Crippen LogP contribution < -0.4 is 4.90 Å². The monoisotopic (exact) mass is 257 g/mol. The lowest BCUT2D eigenvalue weighted by Crippen LogP contribution is -2.33. The molecular formula is C12H13F2NO3. The van der Waals surface area contributed by atoms with Gasteiger partial charge >= 0.3 is 5.97 Å². The molecule has 0 aliphatic carbocycles. The molecule has 1 rings (SSSR count). The first-order valence-corrected chi connectivity index (χ1v) is 5.43. The van der Waals surface area contributed by atoms with Gasteiger partial charge in [0.1, 0.15) is 11.6 Å². The summed E-state index contributed by atoms with van der Waals surface area (Å²) in [7, 11) is 0. The number of carboxylic acids is 1. The maximum Gasteiger partial charge on any atom is 0.305 e. The highest BCUT2D eigenvalue weighted by Gasteiger charge is 2.19. The molecule has 4 nitrogen and oxygen atoms in total. The molecular weight excluding hydrogens is 244 g/mol. The molecule has 0 heterocycles. The highest BCUT2D eigenvalue weighted by molar-refractivity contribution is 5.93. The van der Waals surface area contributed by atoms with Gasteiger partial charge < -0.3 is 10.0 Å². The highest BCUT2D eigenvalue weighted by atomic mass is 19.1. The second kappa shape index (κ2) is 6.09. The van der Waals surface area contributed by atoms with E-state index in [1.165, 1.54) is 0 Å². The van der Waals surface area contributed by atoms with E-state index in [1.807, 2.05) is 0 Å². The quantitative estimate of drug-likeness (QED) is 0.879. The van der Waals surface area contributed by atoms with Gasteiger partial charge in [-0.15, -0.1) is 0 Å². The summed E-state index contributed by atoms with van der Waals surface area (Å²) in [5.74, 6) is -3.01. The fraction of sp³-hybridized carbons (Fsp3) is 0.333. The molecule has 98 valence electrons. The van der Waals surface area contributed by atoms with Crippen molar-refractivity contribution < 1.29 is 23.5 Å². The maximum atomic E-state index is 13.5. The number of amides is 1. The summed E-state index contributed by atoms with van der Waals surface area (Å²) in [6.07, 6.45) is -0.253. The Hall–Kier alpha value is -1.98. The number of rotatable bonds is 5. The van der Waals surface area contributed by atoms with Crippen LogP contribution in [-0.4, -0.2) is 23.5 Å². The highest BCUT2D eigenvalue weighted by Crippen LogP contribution is 2.21. The lowest BCUT2D eigenvalue weighted by molar-refractivity contribution is -0.136. The fourth-order valence-corrected chi connectivity index (χ4v) is 1.47. The van der Waals surface area contributed by atoms with Crippen molar-refractivity contribution in [1.29, 1.82) is 0 Å². The van der Waals surface area contributed by atoms with E-state index in [9.17, 15) is 18.4 Å². The Labute approximate surface area is 103 Å². The molecule has 1 aromatic rings. The van der Waals surface area contributed by atoms with E-state index in [4.69, 9.17) is 5.11 Å². The van der Waals surface area contributed by atoms with E-state index >= 15 is 0 Å². The molecule has 1 amide bonds. The summed E-state index contributed by atoms with van der Waals surface area (Å²) in [6, 6.07) is 2.72. The standard InChI is InChI=1S/C12H13F2NO3/c1-2-11(16)15(6-5-12(17)18)10-7-8(13)3-4-9(10)14/h3-4,7H,2,5-6H2,1H3,(H,17,18). The van der Waals surface area contributed by atoms with Gasteiger partial charge in [0.2, 0.25) is 5.91 Å². The summed E-state index contributed by atoms with van der Waals surface area (Å²) < 4.78 is 26.6. The molecule has 1 N–H and O–H groups in total. The maximum absolute atomic E-state index is 13.5.